The average molecular weight is 452 g/mol. The van der Waals surface area contributed by atoms with Gasteiger partial charge in [0.05, 0.1) is 12.4 Å². The van der Waals surface area contributed by atoms with E-state index in [1.165, 1.54) is 19.4 Å². The van der Waals surface area contributed by atoms with Crippen molar-refractivity contribution in [1.29, 1.82) is 0 Å². The summed E-state index contributed by atoms with van der Waals surface area (Å²) in [5, 5.41) is 23.4. The van der Waals surface area contributed by atoms with Crippen LogP contribution < -0.4 is 16.4 Å². The van der Waals surface area contributed by atoms with Gasteiger partial charge >= 0.3 is 11.9 Å². The second-order valence-electron chi connectivity index (χ2n) is 7.65. The number of carboxylic acids is 2. The predicted octanol–water partition coefficient (Wildman–Crippen LogP) is -1.79. The van der Waals surface area contributed by atoms with Gasteiger partial charge in [0, 0.05) is 31.3 Å². The van der Waals surface area contributed by atoms with Crippen molar-refractivity contribution in [2.24, 2.45) is 5.73 Å². The molecule has 7 N–H and O–H groups in total. The van der Waals surface area contributed by atoms with Crippen molar-refractivity contribution in [3.63, 3.8) is 0 Å². The van der Waals surface area contributed by atoms with E-state index in [0.717, 1.165) is 4.90 Å². The molecule has 13 nitrogen and oxygen atoms in total. The molecule has 1 aromatic rings. The fourth-order valence-electron chi connectivity index (χ4n) is 3.41. The number of nitrogens with zero attached hydrogens (tertiary/aromatic N) is 2. The summed E-state index contributed by atoms with van der Waals surface area (Å²) in [5.74, 6) is -4.34. The largest absolute Gasteiger partial charge is 0.481 e. The number of carbonyl (C=O) groups excluding carboxylic acids is 3. The summed E-state index contributed by atoms with van der Waals surface area (Å²) in [6.45, 7) is 1.63. The normalized spacial score (nSPS) is 18.4. The molecule has 1 aromatic heterocycles. The number of aromatic nitrogens is 2. The lowest BCUT2D eigenvalue weighted by Gasteiger charge is -2.28. The molecule has 0 radical (unpaired) electrons. The molecule has 1 aliphatic rings. The summed E-state index contributed by atoms with van der Waals surface area (Å²) in [5.41, 5.74) is 6.11. The Hall–Kier alpha value is -3.48. The predicted molar refractivity (Wildman–Crippen MR) is 109 cm³/mol. The molecule has 32 heavy (non-hydrogen) atoms. The number of carboxylic acid groups (broad SMARTS) is 2. The van der Waals surface area contributed by atoms with Crippen LogP contribution in [0.15, 0.2) is 12.5 Å². The highest BCUT2D eigenvalue weighted by molar-refractivity contribution is 5.94. The Morgan fingerprint density at radius 3 is 2.47 bits per heavy atom. The Kier molecular flexibility index (Phi) is 8.70. The van der Waals surface area contributed by atoms with E-state index < -0.39 is 60.2 Å². The summed E-state index contributed by atoms with van der Waals surface area (Å²) in [6.07, 6.45) is 2.98. The first-order chi connectivity index (χ1) is 15.1. The first-order valence-corrected chi connectivity index (χ1v) is 10.2. The third kappa shape index (κ3) is 6.77. The zero-order valence-corrected chi connectivity index (χ0v) is 17.6. The summed E-state index contributed by atoms with van der Waals surface area (Å²) < 4.78 is 0. The zero-order valence-electron chi connectivity index (χ0n) is 17.6. The van der Waals surface area contributed by atoms with Crippen LogP contribution in [0.1, 0.15) is 38.3 Å². The maximum atomic E-state index is 13.0. The van der Waals surface area contributed by atoms with Crippen molar-refractivity contribution in [1.82, 2.24) is 25.5 Å². The van der Waals surface area contributed by atoms with Crippen molar-refractivity contribution in [3.8, 4) is 0 Å². The molecule has 176 valence electrons. The summed E-state index contributed by atoms with van der Waals surface area (Å²) in [6, 6.07) is -4.32. The van der Waals surface area contributed by atoms with Gasteiger partial charge in [-0.1, -0.05) is 0 Å². The van der Waals surface area contributed by atoms with Crippen LogP contribution in [-0.2, 0) is 30.4 Å². The molecule has 4 unspecified atom stereocenters. The lowest BCUT2D eigenvalue weighted by molar-refractivity contribution is -0.150. The van der Waals surface area contributed by atoms with Gasteiger partial charge in [-0.15, -0.1) is 0 Å². The number of nitrogens with two attached hydrogens (primary N) is 1. The van der Waals surface area contributed by atoms with Gasteiger partial charge in [0.25, 0.3) is 0 Å². The van der Waals surface area contributed by atoms with E-state index in [2.05, 4.69) is 20.6 Å². The van der Waals surface area contributed by atoms with E-state index in [1.807, 2.05) is 0 Å². The van der Waals surface area contributed by atoms with E-state index in [9.17, 15) is 29.1 Å². The molecule has 0 saturated carbocycles. The topological polar surface area (TPSA) is 208 Å². The first-order valence-electron chi connectivity index (χ1n) is 10.2. The van der Waals surface area contributed by atoms with Gasteiger partial charge < -0.3 is 36.5 Å². The third-order valence-corrected chi connectivity index (χ3v) is 5.11. The molecule has 0 aliphatic carbocycles. The summed E-state index contributed by atoms with van der Waals surface area (Å²) in [7, 11) is 0. The maximum absolute atomic E-state index is 13.0. The number of nitrogens with one attached hydrogen (secondary N) is 3. The first kappa shape index (κ1) is 24.8. The van der Waals surface area contributed by atoms with Crippen molar-refractivity contribution in [2.45, 2.75) is 63.2 Å². The molecule has 0 spiro atoms. The van der Waals surface area contributed by atoms with E-state index >= 15 is 0 Å². The van der Waals surface area contributed by atoms with Crippen LogP contribution in [-0.4, -0.2) is 85.5 Å². The van der Waals surface area contributed by atoms with E-state index in [4.69, 9.17) is 10.8 Å². The molecular formula is C19H28N6O7. The van der Waals surface area contributed by atoms with E-state index in [0.29, 0.717) is 12.1 Å². The highest BCUT2D eigenvalue weighted by Gasteiger charge is 2.38. The molecule has 1 aliphatic heterocycles. The molecule has 0 bridgehead atoms. The Morgan fingerprint density at radius 2 is 1.91 bits per heavy atom. The number of H-pyrrole nitrogens is 1. The van der Waals surface area contributed by atoms with Gasteiger partial charge in [0.2, 0.25) is 17.7 Å². The molecule has 4 atom stereocenters. The summed E-state index contributed by atoms with van der Waals surface area (Å²) in [4.78, 5) is 68.4. The number of amides is 3. The molecule has 2 rings (SSSR count). The Labute approximate surface area is 183 Å². The molecule has 2 heterocycles. The van der Waals surface area contributed by atoms with Crippen LogP contribution in [0.3, 0.4) is 0 Å². The second kappa shape index (κ2) is 11.2. The SMILES string of the molecule is CC(N)C(=O)NC(Cc1cnc[nH]1)C(=O)NC(CCC(=O)O)C(=O)N1CCCC1C(=O)O. The maximum Gasteiger partial charge on any atom is 0.326 e. The van der Waals surface area contributed by atoms with Gasteiger partial charge in [-0.25, -0.2) is 9.78 Å². The fraction of sp³-hybridized carbons (Fsp3) is 0.579. The van der Waals surface area contributed by atoms with Crippen LogP contribution >= 0.6 is 0 Å². The van der Waals surface area contributed by atoms with Gasteiger partial charge in [0.1, 0.15) is 18.1 Å². The van der Waals surface area contributed by atoms with Crippen LogP contribution in [0, 0.1) is 0 Å². The number of aromatic amines is 1. The molecule has 13 heteroatoms. The molecule has 1 saturated heterocycles. The number of rotatable bonds is 11. The van der Waals surface area contributed by atoms with Crippen LogP contribution in [0.25, 0.3) is 0 Å². The van der Waals surface area contributed by atoms with Crippen LogP contribution in [0.5, 0.6) is 0 Å². The molecule has 0 aromatic carbocycles. The number of imidazole rings is 1. The van der Waals surface area contributed by atoms with Crippen LogP contribution in [0.4, 0.5) is 0 Å². The number of hydrogen-bond donors (Lipinski definition) is 6. The van der Waals surface area contributed by atoms with Crippen molar-refractivity contribution in [3.05, 3.63) is 18.2 Å². The highest BCUT2D eigenvalue weighted by atomic mass is 16.4. The number of likely N-dealkylation sites (tertiary alicyclic amines) is 1. The Balaban J connectivity index is 2.20. The van der Waals surface area contributed by atoms with Gasteiger partial charge in [-0.3, -0.25) is 19.2 Å². The number of carbonyl (C=O) groups is 5. The molecule has 1 fully saturated rings. The standard InChI is InChI=1S/C19H28N6O7/c1-10(20)16(28)24-13(7-11-8-21-9-22-11)17(29)23-12(4-5-15(26)27)18(30)25-6-2-3-14(25)19(31)32/h8-10,12-14H,2-7,20H2,1H3,(H,21,22)(H,23,29)(H,24,28)(H,26,27)(H,31,32). The average Bonchev–Trinajstić information content (AvgIpc) is 3.41. The van der Waals surface area contributed by atoms with Crippen molar-refractivity contribution < 1.29 is 34.2 Å². The molecule has 3 amide bonds. The van der Waals surface area contributed by atoms with E-state index in [1.54, 1.807) is 0 Å². The fourth-order valence-corrected chi connectivity index (χ4v) is 3.41. The quantitative estimate of drug-likeness (QED) is 0.224. The van der Waals surface area contributed by atoms with E-state index in [-0.39, 0.29) is 25.8 Å². The second-order valence-corrected chi connectivity index (χ2v) is 7.65. The zero-order chi connectivity index (χ0) is 23.8. The number of hydrogen-bond acceptors (Lipinski definition) is 7. The van der Waals surface area contributed by atoms with Gasteiger partial charge in [-0.05, 0) is 26.2 Å². The molecular weight excluding hydrogens is 424 g/mol. The summed E-state index contributed by atoms with van der Waals surface area (Å²) >= 11 is 0. The monoisotopic (exact) mass is 452 g/mol. The lowest BCUT2D eigenvalue weighted by Crippen LogP contribution is -2.57. The minimum Gasteiger partial charge on any atom is -0.481 e. The van der Waals surface area contributed by atoms with Crippen LogP contribution in [0.2, 0.25) is 0 Å². The Bertz CT molecular complexity index is 841. The number of aliphatic carboxylic acids is 2. The van der Waals surface area contributed by atoms with Crippen molar-refractivity contribution in [2.75, 3.05) is 6.54 Å². The third-order valence-electron chi connectivity index (χ3n) is 5.11. The van der Waals surface area contributed by atoms with Gasteiger partial charge in [0.15, 0.2) is 0 Å². The Morgan fingerprint density at radius 1 is 1.22 bits per heavy atom. The highest BCUT2D eigenvalue weighted by Crippen LogP contribution is 2.19. The minimum absolute atomic E-state index is 0.0194. The smallest absolute Gasteiger partial charge is 0.326 e. The minimum atomic E-state index is -1.27. The van der Waals surface area contributed by atoms with Gasteiger partial charge in [-0.2, -0.15) is 0 Å². The van der Waals surface area contributed by atoms with Crippen molar-refractivity contribution >= 4 is 29.7 Å². The lowest BCUT2D eigenvalue weighted by atomic mass is 10.1.